The fraction of sp³-hybridized carbons (Fsp3) is 0.562. The maximum absolute atomic E-state index is 10.4. The van der Waals surface area contributed by atoms with Crippen LogP contribution in [0.15, 0.2) is 18.2 Å². The zero-order valence-electron chi connectivity index (χ0n) is 11.5. The van der Waals surface area contributed by atoms with E-state index in [9.17, 15) is 4.79 Å². The van der Waals surface area contributed by atoms with Crippen molar-refractivity contribution in [3.05, 3.63) is 34.9 Å². The fourth-order valence-corrected chi connectivity index (χ4v) is 2.25. The summed E-state index contributed by atoms with van der Waals surface area (Å²) >= 11 is 0. The zero-order chi connectivity index (χ0) is 13.4. The number of benzene rings is 1. The first kappa shape index (κ1) is 14.7. The lowest BCUT2D eigenvalue weighted by atomic mass is 9.96. The molecular weight excluding hydrogens is 224 g/mol. The third-order valence-electron chi connectivity index (χ3n) is 3.40. The van der Waals surface area contributed by atoms with E-state index in [4.69, 9.17) is 5.11 Å². The van der Waals surface area contributed by atoms with Crippen LogP contribution in [0.5, 0.6) is 0 Å². The molecule has 0 aliphatic carbocycles. The van der Waals surface area contributed by atoms with Crippen LogP contribution in [-0.2, 0) is 24.1 Å². The summed E-state index contributed by atoms with van der Waals surface area (Å²) in [6.07, 6.45) is 6.43. The van der Waals surface area contributed by atoms with E-state index < -0.39 is 5.97 Å². The van der Waals surface area contributed by atoms with Gasteiger partial charge < -0.3 is 5.11 Å². The van der Waals surface area contributed by atoms with E-state index in [1.54, 1.807) is 0 Å². The number of carbonyl (C=O) groups is 1. The Hall–Kier alpha value is -1.31. The second-order valence-electron chi connectivity index (χ2n) is 4.76. The van der Waals surface area contributed by atoms with E-state index in [-0.39, 0.29) is 0 Å². The highest BCUT2D eigenvalue weighted by atomic mass is 16.4. The zero-order valence-corrected chi connectivity index (χ0v) is 11.5. The molecule has 1 rings (SSSR count). The van der Waals surface area contributed by atoms with Gasteiger partial charge in [0.1, 0.15) is 0 Å². The van der Waals surface area contributed by atoms with E-state index >= 15 is 0 Å². The second kappa shape index (κ2) is 7.91. The van der Waals surface area contributed by atoms with Gasteiger partial charge in [-0.25, -0.2) is 0 Å². The number of aryl methyl sites for hydroxylation is 3. The predicted octanol–water partition coefficient (Wildman–Crippen LogP) is 4.00. The highest BCUT2D eigenvalue weighted by Crippen LogP contribution is 2.17. The standard InChI is InChI=1S/C16H24O2/c1-3-13-10-11-14(4-2)15(12-13)8-6-5-7-9-16(17)18/h10-12H,3-9H2,1-2H3,(H,17,18). The van der Waals surface area contributed by atoms with Crippen LogP contribution < -0.4 is 0 Å². The minimum Gasteiger partial charge on any atom is -0.481 e. The van der Waals surface area contributed by atoms with Gasteiger partial charge in [-0.15, -0.1) is 0 Å². The van der Waals surface area contributed by atoms with Gasteiger partial charge in [0.05, 0.1) is 0 Å². The number of aliphatic carboxylic acids is 1. The average molecular weight is 248 g/mol. The third-order valence-corrected chi connectivity index (χ3v) is 3.40. The van der Waals surface area contributed by atoms with Crippen molar-refractivity contribution in [1.29, 1.82) is 0 Å². The number of unbranched alkanes of at least 4 members (excludes halogenated alkanes) is 2. The SMILES string of the molecule is CCc1ccc(CC)c(CCCCCC(=O)O)c1. The van der Waals surface area contributed by atoms with Crippen LogP contribution in [0.1, 0.15) is 56.2 Å². The Balaban J connectivity index is 2.47. The van der Waals surface area contributed by atoms with Crippen LogP contribution in [-0.4, -0.2) is 11.1 Å². The fourth-order valence-electron chi connectivity index (χ4n) is 2.25. The Bertz CT molecular complexity index is 383. The van der Waals surface area contributed by atoms with Gasteiger partial charge in [-0.3, -0.25) is 4.79 Å². The molecule has 0 saturated heterocycles. The number of carboxylic acid groups (broad SMARTS) is 1. The molecule has 2 nitrogen and oxygen atoms in total. The van der Waals surface area contributed by atoms with Crippen molar-refractivity contribution in [3.8, 4) is 0 Å². The van der Waals surface area contributed by atoms with Crippen LogP contribution in [0.4, 0.5) is 0 Å². The van der Waals surface area contributed by atoms with Crippen molar-refractivity contribution >= 4 is 5.97 Å². The van der Waals surface area contributed by atoms with Crippen molar-refractivity contribution < 1.29 is 9.90 Å². The summed E-state index contributed by atoms with van der Waals surface area (Å²) in [4.78, 5) is 10.4. The van der Waals surface area contributed by atoms with Crippen LogP contribution in [0.3, 0.4) is 0 Å². The van der Waals surface area contributed by atoms with Crippen molar-refractivity contribution in [1.82, 2.24) is 0 Å². The average Bonchev–Trinajstić information content (AvgIpc) is 2.37. The van der Waals surface area contributed by atoms with E-state index in [0.29, 0.717) is 6.42 Å². The molecule has 1 aromatic rings. The molecule has 1 N–H and O–H groups in total. The number of carboxylic acids is 1. The molecule has 0 unspecified atom stereocenters. The topological polar surface area (TPSA) is 37.3 Å². The van der Waals surface area contributed by atoms with Crippen molar-refractivity contribution in [2.24, 2.45) is 0 Å². The highest BCUT2D eigenvalue weighted by Gasteiger charge is 2.03. The molecule has 1 aromatic carbocycles. The second-order valence-corrected chi connectivity index (χ2v) is 4.76. The van der Waals surface area contributed by atoms with Gasteiger partial charge in [-0.1, -0.05) is 38.5 Å². The number of hydrogen-bond acceptors (Lipinski definition) is 1. The molecule has 0 amide bonds. The van der Waals surface area contributed by atoms with E-state index in [0.717, 1.165) is 38.5 Å². The van der Waals surface area contributed by atoms with Gasteiger partial charge in [0.25, 0.3) is 0 Å². The molecule has 18 heavy (non-hydrogen) atoms. The first-order valence-electron chi connectivity index (χ1n) is 6.99. The third kappa shape index (κ3) is 4.91. The predicted molar refractivity (Wildman–Crippen MR) is 75.0 cm³/mol. The van der Waals surface area contributed by atoms with E-state index in [1.807, 2.05) is 0 Å². The van der Waals surface area contributed by atoms with Crippen molar-refractivity contribution in [3.63, 3.8) is 0 Å². The lowest BCUT2D eigenvalue weighted by molar-refractivity contribution is -0.137. The Labute approximate surface area is 110 Å². The maximum atomic E-state index is 10.4. The van der Waals surface area contributed by atoms with Crippen LogP contribution in [0, 0.1) is 0 Å². The molecule has 0 aliphatic rings. The molecule has 0 saturated carbocycles. The minimum absolute atomic E-state index is 0.301. The maximum Gasteiger partial charge on any atom is 0.303 e. The molecule has 0 fully saturated rings. The summed E-state index contributed by atoms with van der Waals surface area (Å²) in [5, 5.41) is 8.58. The van der Waals surface area contributed by atoms with Gasteiger partial charge in [0.15, 0.2) is 0 Å². The Morgan fingerprint density at radius 2 is 1.83 bits per heavy atom. The quantitative estimate of drug-likeness (QED) is 0.706. The van der Waals surface area contributed by atoms with Gasteiger partial charge in [0.2, 0.25) is 0 Å². The van der Waals surface area contributed by atoms with Crippen LogP contribution in [0.25, 0.3) is 0 Å². The van der Waals surface area contributed by atoms with Gasteiger partial charge in [-0.05, 0) is 48.8 Å². The van der Waals surface area contributed by atoms with Gasteiger partial charge >= 0.3 is 5.97 Å². The smallest absolute Gasteiger partial charge is 0.303 e. The molecular formula is C16H24O2. The number of hydrogen-bond donors (Lipinski definition) is 1. The normalized spacial score (nSPS) is 10.6. The van der Waals surface area contributed by atoms with Gasteiger partial charge in [0, 0.05) is 6.42 Å². The highest BCUT2D eigenvalue weighted by molar-refractivity contribution is 5.66. The lowest BCUT2D eigenvalue weighted by Gasteiger charge is -2.10. The largest absolute Gasteiger partial charge is 0.481 e. The van der Waals surface area contributed by atoms with Crippen LogP contribution in [0.2, 0.25) is 0 Å². The molecule has 2 heteroatoms. The minimum atomic E-state index is -0.683. The molecule has 0 heterocycles. The first-order chi connectivity index (χ1) is 8.67. The molecule has 0 atom stereocenters. The van der Waals surface area contributed by atoms with Crippen LogP contribution >= 0.6 is 0 Å². The summed E-state index contributed by atoms with van der Waals surface area (Å²) in [5.41, 5.74) is 4.28. The summed E-state index contributed by atoms with van der Waals surface area (Å²) in [6, 6.07) is 6.77. The molecule has 100 valence electrons. The van der Waals surface area contributed by atoms with E-state index in [2.05, 4.69) is 32.0 Å². The monoisotopic (exact) mass is 248 g/mol. The summed E-state index contributed by atoms with van der Waals surface area (Å²) in [5.74, 6) is -0.683. The number of rotatable bonds is 8. The Morgan fingerprint density at radius 3 is 2.44 bits per heavy atom. The molecule has 0 bridgehead atoms. The first-order valence-corrected chi connectivity index (χ1v) is 6.99. The summed E-state index contributed by atoms with van der Waals surface area (Å²) in [6.45, 7) is 4.37. The Morgan fingerprint density at radius 1 is 1.06 bits per heavy atom. The van der Waals surface area contributed by atoms with Crippen molar-refractivity contribution in [2.45, 2.75) is 58.8 Å². The van der Waals surface area contributed by atoms with Crippen molar-refractivity contribution in [2.75, 3.05) is 0 Å². The molecule has 0 radical (unpaired) electrons. The van der Waals surface area contributed by atoms with Gasteiger partial charge in [-0.2, -0.15) is 0 Å². The summed E-state index contributed by atoms with van der Waals surface area (Å²) in [7, 11) is 0. The molecule has 0 aromatic heterocycles. The summed E-state index contributed by atoms with van der Waals surface area (Å²) < 4.78 is 0. The lowest BCUT2D eigenvalue weighted by Crippen LogP contribution is -1.97. The molecule has 0 spiro atoms. The Kier molecular flexibility index (Phi) is 6.48. The van der Waals surface area contributed by atoms with E-state index in [1.165, 1.54) is 16.7 Å². The molecule has 0 aliphatic heterocycles.